The minimum Gasteiger partial charge on any atom is -0.377 e. The summed E-state index contributed by atoms with van der Waals surface area (Å²) in [5.74, 6) is 0.657. The fourth-order valence-electron chi connectivity index (χ4n) is 3.54. The molecule has 4 rings (SSSR count). The molecule has 2 atom stereocenters. The van der Waals surface area contributed by atoms with Gasteiger partial charge in [0.25, 0.3) is 0 Å². The Morgan fingerprint density at radius 2 is 2.08 bits per heavy atom. The summed E-state index contributed by atoms with van der Waals surface area (Å²) >= 11 is 0. The Bertz CT molecular complexity index is 760. The molecule has 24 heavy (non-hydrogen) atoms. The Morgan fingerprint density at radius 3 is 2.92 bits per heavy atom. The van der Waals surface area contributed by atoms with Gasteiger partial charge in [-0.15, -0.1) is 0 Å². The molecule has 0 bridgehead atoms. The first kappa shape index (κ1) is 15.5. The molecule has 6 nitrogen and oxygen atoms in total. The number of fused-ring (bicyclic) bond motifs is 1. The molecule has 2 aliphatic rings. The first-order valence-corrected chi connectivity index (χ1v) is 8.71. The fraction of sp³-hybridized carbons (Fsp3) is 0.500. The van der Waals surface area contributed by atoms with Gasteiger partial charge in [-0.2, -0.15) is 0 Å². The number of hydrogen-bond acceptors (Lipinski definition) is 6. The molecule has 0 spiro atoms. The van der Waals surface area contributed by atoms with E-state index in [0.29, 0.717) is 12.6 Å². The zero-order valence-corrected chi connectivity index (χ0v) is 13.7. The third kappa shape index (κ3) is 3.12. The van der Waals surface area contributed by atoms with Crippen LogP contribution in [0.15, 0.2) is 24.7 Å². The maximum atomic E-state index is 6.24. The summed E-state index contributed by atoms with van der Waals surface area (Å²) in [5.41, 5.74) is 9.51. The molecule has 1 aliphatic carbocycles. The highest BCUT2D eigenvalue weighted by Gasteiger charge is 2.22. The van der Waals surface area contributed by atoms with E-state index in [2.05, 4.69) is 21.4 Å². The fourth-order valence-corrected chi connectivity index (χ4v) is 3.54. The van der Waals surface area contributed by atoms with Crippen molar-refractivity contribution in [3.8, 4) is 0 Å². The third-order valence-electron chi connectivity index (χ3n) is 4.93. The van der Waals surface area contributed by atoms with E-state index < -0.39 is 0 Å². The van der Waals surface area contributed by atoms with Gasteiger partial charge in [0.15, 0.2) is 0 Å². The van der Waals surface area contributed by atoms with Crippen LogP contribution in [0.25, 0.3) is 16.5 Å². The van der Waals surface area contributed by atoms with Crippen LogP contribution in [0.5, 0.6) is 0 Å². The number of anilines is 1. The highest BCUT2D eigenvalue weighted by molar-refractivity contribution is 5.90. The molecular formula is C18H23N5O. The second-order valence-electron chi connectivity index (χ2n) is 6.57. The lowest BCUT2D eigenvalue weighted by Gasteiger charge is -2.29. The summed E-state index contributed by atoms with van der Waals surface area (Å²) < 4.78 is 5.41. The Kier molecular flexibility index (Phi) is 4.40. The molecule has 1 fully saturated rings. The van der Waals surface area contributed by atoms with Gasteiger partial charge in [-0.05, 0) is 24.8 Å². The van der Waals surface area contributed by atoms with Crippen molar-refractivity contribution in [1.29, 1.82) is 0 Å². The van der Waals surface area contributed by atoms with Crippen molar-refractivity contribution in [3.05, 3.63) is 30.2 Å². The lowest BCUT2D eigenvalue weighted by Crippen LogP contribution is -2.42. The monoisotopic (exact) mass is 325 g/mol. The number of nitrogens with two attached hydrogens (primary N) is 1. The van der Waals surface area contributed by atoms with Crippen molar-refractivity contribution in [2.75, 3.05) is 18.5 Å². The number of nitrogens with zero attached hydrogens (tertiary/aromatic N) is 3. The molecule has 2 aromatic heterocycles. The number of ether oxygens (including phenoxy) is 1. The SMILES string of the molecule is NC1CCCCC1Nc1ncc2cncc(C3=CCOCC3)c2n1. The molecule has 0 saturated heterocycles. The molecule has 3 heterocycles. The molecule has 6 heteroatoms. The van der Waals surface area contributed by atoms with Crippen LogP contribution in [0, 0.1) is 0 Å². The molecule has 1 aliphatic heterocycles. The standard InChI is InChI=1S/C18H23N5O/c19-15-3-1-2-4-16(15)22-18-21-10-13-9-20-11-14(17(13)23-18)12-5-7-24-8-6-12/h5,9-11,15-16H,1-4,6-8,19H2,(H,21,22,23). The summed E-state index contributed by atoms with van der Waals surface area (Å²) in [4.78, 5) is 13.6. The van der Waals surface area contributed by atoms with Crippen LogP contribution in [0.2, 0.25) is 0 Å². The lowest BCUT2D eigenvalue weighted by molar-refractivity contribution is 0.161. The van der Waals surface area contributed by atoms with Gasteiger partial charge in [-0.1, -0.05) is 18.9 Å². The van der Waals surface area contributed by atoms with Crippen molar-refractivity contribution >= 4 is 22.4 Å². The maximum Gasteiger partial charge on any atom is 0.223 e. The van der Waals surface area contributed by atoms with Gasteiger partial charge in [0.1, 0.15) is 0 Å². The van der Waals surface area contributed by atoms with Crippen LogP contribution in [0.3, 0.4) is 0 Å². The summed E-state index contributed by atoms with van der Waals surface area (Å²) in [5, 5.41) is 4.40. The van der Waals surface area contributed by atoms with Crippen molar-refractivity contribution in [3.63, 3.8) is 0 Å². The summed E-state index contributed by atoms with van der Waals surface area (Å²) in [7, 11) is 0. The minimum atomic E-state index is 0.174. The van der Waals surface area contributed by atoms with E-state index in [1.54, 1.807) is 0 Å². The zero-order chi connectivity index (χ0) is 16.4. The topological polar surface area (TPSA) is 86.0 Å². The van der Waals surface area contributed by atoms with E-state index in [4.69, 9.17) is 15.5 Å². The van der Waals surface area contributed by atoms with Gasteiger partial charge in [0.2, 0.25) is 5.95 Å². The van der Waals surface area contributed by atoms with Crippen LogP contribution in [0.1, 0.15) is 37.7 Å². The first-order valence-electron chi connectivity index (χ1n) is 8.71. The number of aromatic nitrogens is 3. The quantitative estimate of drug-likeness (QED) is 0.902. The summed E-state index contributed by atoms with van der Waals surface area (Å²) in [6.45, 7) is 1.40. The highest BCUT2D eigenvalue weighted by Crippen LogP contribution is 2.27. The Labute approximate surface area is 141 Å². The van der Waals surface area contributed by atoms with Gasteiger partial charge in [-0.3, -0.25) is 4.98 Å². The van der Waals surface area contributed by atoms with E-state index in [1.165, 1.54) is 18.4 Å². The van der Waals surface area contributed by atoms with Crippen molar-refractivity contribution in [2.24, 2.45) is 5.73 Å². The Morgan fingerprint density at radius 1 is 1.17 bits per heavy atom. The normalized spacial score (nSPS) is 24.6. The van der Waals surface area contributed by atoms with Gasteiger partial charge in [0.05, 0.1) is 18.7 Å². The van der Waals surface area contributed by atoms with Crippen molar-refractivity contribution < 1.29 is 4.74 Å². The lowest BCUT2D eigenvalue weighted by atomic mass is 9.91. The van der Waals surface area contributed by atoms with E-state index >= 15 is 0 Å². The second-order valence-corrected chi connectivity index (χ2v) is 6.57. The van der Waals surface area contributed by atoms with Crippen LogP contribution in [-0.4, -0.2) is 40.2 Å². The van der Waals surface area contributed by atoms with E-state index in [-0.39, 0.29) is 12.1 Å². The number of hydrogen-bond donors (Lipinski definition) is 2. The van der Waals surface area contributed by atoms with Gasteiger partial charge in [0, 0.05) is 41.6 Å². The Balaban J connectivity index is 1.67. The third-order valence-corrected chi connectivity index (χ3v) is 4.93. The van der Waals surface area contributed by atoms with Crippen LogP contribution in [0.4, 0.5) is 5.95 Å². The van der Waals surface area contributed by atoms with Crippen LogP contribution in [-0.2, 0) is 4.74 Å². The van der Waals surface area contributed by atoms with E-state index in [0.717, 1.165) is 42.3 Å². The summed E-state index contributed by atoms with van der Waals surface area (Å²) in [6.07, 6.45) is 13.1. The molecule has 3 N–H and O–H groups in total. The average Bonchev–Trinajstić information content (AvgIpc) is 2.64. The van der Waals surface area contributed by atoms with Gasteiger partial charge in [-0.25, -0.2) is 9.97 Å². The van der Waals surface area contributed by atoms with Crippen LogP contribution >= 0.6 is 0 Å². The largest absolute Gasteiger partial charge is 0.377 e. The Hall–Kier alpha value is -2.05. The molecule has 0 aromatic carbocycles. The van der Waals surface area contributed by atoms with Gasteiger partial charge < -0.3 is 15.8 Å². The molecule has 2 unspecified atom stereocenters. The highest BCUT2D eigenvalue weighted by atomic mass is 16.5. The molecule has 2 aromatic rings. The number of pyridine rings is 1. The van der Waals surface area contributed by atoms with E-state index in [1.807, 2.05) is 18.6 Å². The van der Waals surface area contributed by atoms with Crippen molar-refractivity contribution in [2.45, 2.75) is 44.2 Å². The molecule has 1 saturated carbocycles. The smallest absolute Gasteiger partial charge is 0.223 e. The average molecular weight is 325 g/mol. The van der Waals surface area contributed by atoms with Gasteiger partial charge >= 0.3 is 0 Å². The summed E-state index contributed by atoms with van der Waals surface area (Å²) in [6, 6.07) is 0.428. The van der Waals surface area contributed by atoms with Crippen molar-refractivity contribution in [1.82, 2.24) is 15.0 Å². The second kappa shape index (κ2) is 6.83. The maximum absolute atomic E-state index is 6.24. The molecule has 126 valence electrons. The predicted octanol–water partition coefficient (Wildman–Crippen LogP) is 2.51. The molecule has 0 amide bonds. The molecule has 0 radical (unpaired) electrons. The van der Waals surface area contributed by atoms with Crippen LogP contribution < -0.4 is 11.1 Å². The predicted molar refractivity (Wildman–Crippen MR) is 94.6 cm³/mol. The number of nitrogens with one attached hydrogen (secondary N) is 1. The zero-order valence-electron chi connectivity index (χ0n) is 13.7. The van der Waals surface area contributed by atoms with E-state index in [9.17, 15) is 0 Å². The minimum absolute atomic E-state index is 0.174. The first-order chi connectivity index (χ1) is 11.8. The molecular weight excluding hydrogens is 302 g/mol. The number of rotatable bonds is 3.